The molecule has 1 aromatic heterocycles. The van der Waals surface area contributed by atoms with Crippen molar-refractivity contribution in [3.63, 3.8) is 0 Å². The predicted molar refractivity (Wildman–Crippen MR) is 52.9 cm³/mol. The Hall–Kier alpha value is -1.56. The molecule has 78 valence electrons. The zero-order valence-corrected chi connectivity index (χ0v) is 8.39. The second kappa shape index (κ2) is 3.90. The predicted octanol–water partition coefficient (Wildman–Crippen LogP) is 2.27. The molecule has 0 spiro atoms. The fourth-order valence-electron chi connectivity index (χ4n) is 1.22. The van der Waals surface area contributed by atoms with Crippen LogP contribution in [-0.2, 0) is 6.54 Å². The van der Waals surface area contributed by atoms with Crippen LogP contribution in [0.1, 0.15) is 5.56 Å². The molecular weight excluding hydrogens is 220 g/mol. The highest BCUT2D eigenvalue weighted by Crippen LogP contribution is 2.10. The van der Waals surface area contributed by atoms with Gasteiger partial charge in [-0.15, -0.1) is 0 Å². The lowest BCUT2D eigenvalue weighted by Gasteiger charge is -2.03. The van der Waals surface area contributed by atoms with E-state index in [1.54, 1.807) is 4.57 Å². The van der Waals surface area contributed by atoms with E-state index >= 15 is 0 Å². The van der Waals surface area contributed by atoms with Gasteiger partial charge in [0.25, 0.3) is 0 Å². The molecule has 0 aliphatic carbocycles. The SMILES string of the molecule is Fc1ccc(Cn2cn[nH]c2=S)c(F)c1. The van der Waals surface area contributed by atoms with Gasteiger partial charge in [0.15, 0.2) is 4.77 Å². The monoisotopic (exact) mass is 227 g/mol. The quantitative estimate of drug-likeness (QED) is 0.798. The van der Waals surface area contributed by atoms with Gasteiger partial charge in [-0.2, -0.15) is 5.10 Å². The highest BCUT2D eigenvalue weighted by atomic mass is 32.1. The second-order valence-corrected chi connectivity index (χ2v) is 3.41. The molecule has 0 aliphatic heterocycles. The van der Waals surface area contributed by atoms with Crippen LogP contribution in [0.2, 0.25) is 0 Å². The minimum absolute atomic E-state index is 0.238. The first kappa shape index (κ1) is 9.97. The molecule has 0 atom stereocenters. The molecule has 2 rings (SSSR count). The van der Waals surface area contributed by atoms with Crippen LogP contribution in [0.25, 0.3) is 0 Å². The lowest BCUT2D eigenvalue weighted by molar-refractivity contribution is 0.565. The van der Waals surface area contributed by atoms with Crippen LogP contribution in [0.5, 0.6) is 0 Å². The topological polar surface area (TPSA) is 33.6 Å². The number of aromatic nitrogens is 3. The zero-order chi connectivity index (χ0) is 10.8. The van der Waals surface area contributed by atoms with Gasteiger partial charge in [0.2, 0.25) is 0 Å². The van der Waals surface area contributed by atoms with E-state index in [2.05, 4.69) is 10.2 Å². The van der Waals surface area contributed by atoms with Crippen LogP contribution in [0.3, 0.4) is 0 Å². The summed E-state index contributed by atoms with van der Waals surface area (Å²) in [5, 5.41) is 6.25. The van der Waals surface area contributed by atoms with Gasteiger partial charge in [-0.3, -0.25) is 5.10 Å². The lowest BCUT2D eigenvalue weighted by Crippen LogP contribution is -2.01. The van der Waals surface area contributed by atoms with Gasteiger partial charge in [-0.1, -0.05) is 6.07 Å². The first-order valence-electron chi connectivity index (χ1n) is 4.20. The van der Waals surface area contributed by atoms with Gasteiger partial charge in [-0.05, 0) is 18.3 Å². The Morgan fingerprint density at radius 1 is 1.40 bits per heavy atom. The summed E-state index contributed by atoms with van der Waals surface area (Å²) in [6.45, 7) is 0.238. The maximum absolute atomic E-state index is 13.3. The van der Waals surface area contributed by atoms with Gasteiger partial charge in [0, 0.05) is 11.6 Å². The maximum atomic E-state index is 13.3. The van der Waals surface area contributed by atoms with E-state index < -0.39 is 11.6 Å². The average Bonchev–Trinajstić information content (AvgIpc) is 2.57. The number of benzene rings is 1. The fourth-order valence-corrected chi connectivity index (χ4v) is 1.38. The van der Waals surface area contributed by atoms with Crippen LogP contribution < -0.4 is 0 Å². The Labute approximate surface area is 89.4 Å². The van der Waals surface area contributed by atoms with Crippen LogP contribution >= 0.6 is 12.2 Å². The molecule has 0 aliphatic rings. The molecule has 3 nitrogen and oxygen atoms in total. The maximum Gasteiger partial charge on any atom is 0.195 e. The molecule has 0 saturated carbocycles. The highest BCUT2D eigenvalue weighted by molar-refractivity contribution is 7.71. The first-order valence-corrected chi connectivity index (χ1v) is 4.61. The van der Waals surface area contributed by atoms with Gasteiger partial charge in [0.05, 0.1) is 6.54 Å². The van der Waals surface area contributed by atoms with Crippen molar-refractivity contribution in [3.05, 3.63) is 46.5 Å². The molecular formula is C9H7F2N3S. The van der Waals surface area contributed by atoms with Crippen molar-refractivity contribution in [2.24, 2.45) is 0 Å². The fraction of sp³-hybridized carbons (Fsp3) is 0.111. The van der Waals surface area contributed by atoms with E-state index in [1.807, 2.05) is 0 Å². The van der Waals surface area contributed by atoms with Gasteiger partial charge in [-0.25, -0.2) is 8.78 Å². The van der Waals surface area contributed by atoms with E-state index in [9.17, 15) is 8.78 Å². The minimum Gasteiger partial charge on any atom is -0.302 e. The van der Waals surface area contributed by atoms with Crippen molar-refractivity contribution in [2.45, 2.75) is 6.54 Å². The summed E-state index contributed by atoms with van der Waals surface area (Å²) in [5.74, 6) is -1.18. The highest BCUT2D eigenvalue weighted by Gasteiger charge is 2.04. The van der Waals surface area contributed by atoms with Crippen molar-refractivity contribution >= 4 is 12.2 Å². The number of hydrogen-bond acceptors (Lipinski definition) is 2. The standard InChI is InChI=1S/C9H7F2N3S/c10-7-2-1-6(8(11)3-7)4-14-5-12-13-9(14)15/h1-3,5H,4H2,(H,13,15). The van der Waals surface area contributed by atoms with Gasteiger partial charge < -0.3 is 4.57 Å². The van der Waals surface area contributed by atoms with Gasteiger partial charge in [0.1, 0.15) is 18.0 Å². The largest absolute Gasteiger partial charge is 0.302 e. The summed E-state index contributed by atoms with van der Waals surface area (Å²) in [7, 11) is 0. The summed E-state index contributed by atoms with van der Waals surface area (Å²) < 4.78 is 27.8. The molecule has 1 N–H and O–H groups in total. The van der Waals surface area contributed by atoms with Crippen molar-refractivity contribution in [1.29, 1.82) is 0 Å². The van der Waals surface area contributed by atoms with E-state index in [4.69, 9.17) is 12.2 Å². The summed E-state index contributed by atoms with van der Waals surface area (Å²) in [6.07, 6.45) is 1.46. The number of halogens is 2. The Kier molecular flexibility index (Phi) is 2.59. The van der Waals surface area contributed by atoms with Crippen LogP contribution in [0.15, 0.2) is 24.5 Å². The molecule has 1 heterocycles. The molecule has 15 heavy (non-hydrogen) atoms. The van der Waals surface area contributed by atoms with Crippen LogP contribution in [0, 0.1) is 16.4 Å². The normalized spacial score (nSPS) is 10.5. The van der Waals surface area contributed by atoms with Crippen molar-refractivity contribution in [3.8, 4) is 0 Å². The third kappa shape index (κ3) is 2.10. The van der Waals surface area contributed by atoms with Crippen molar-refractivity contribution in [2.75, 3.05) is 0 Å². The number of nitrogens with one attached hydrogen (secondary N) is 1. The first-order chi connectivity index (χ1) is 7.16. The zero-order valence-electron chi connectivity index (χ0n) is 7.58. The average molecular weight is 227 g/mol. The molecule has 0 fully saturated rings. The van der Waals surface area contributed by atoms with E-state index in [0.717, 1.165) is 6.07 Å². The third-order valence-electron chi connectivity index (χ3n) is 1.97. The van der Waals surface area contributed by atoms with Crippen molar-refractivity contribution in [1.82, 2.24) is 14.8 Å². The van der Waals surface area contributed by atoms with Gasteiger partial charge >= 0.3 is 0 Å². The number of H-pyrrole nitrogens is 1. The minimum atomic E-state index is -0.591. The Balaban J connectivity index is 2.33. The number of nitrogens with zero attached hydrogens (tertiary/aromatic N) is 2. The summed E-state index contributed by atoms with van der Waals surface area (Å²) in [5.41, 5.74) is 0.369. The van der Waals surface area contributed by atoms with Crippen LogP contribution in [-0.4, -0.2) is 14.8 Å². The lowest BCUT2D eigenvalue weighted by atomic mass is 10.2. The molecule has 0 amide bonds. The summed E-state index contributed by atoms with van der Waals surface area (Å²) in [6, 6.07) is 3.45. The molecule has 0 bridgehead atoms. The van der Waals surface area contributed by atoms with E-state index in [0.29, 0.717) is 10.3 Å². The number of hydrogen-bond donors (Lipinski definition) is 1. The molecule has 6 heteroatoms. The number of aromatic amines is 1. The smallest absolute Gasteiger partial charge is 0.195 e. The summed E-state index contributed by atoms with van der Waals surface area (Å²) >= 11 is 4.90. The van der Waals surface area contributed by atoms with E-state index in [1.165, 1.54) is 18.5 Å². The molecule has 0 saturated heterocycles. The molecule has 0 unspecified atom stereocenters. The Morgan fingerprint density at radius 3 is 2.80 bits per heavy atom. The molecule has 2 aromatic rings. The molecule has 0 radical (unpaired) electrons. The molecule has 1 aromatic carbocycles. The Morgan fingerprint density at radius 2 is 2.20 bits per heavy atom. The van der Waals surface area contributed by atoms with Crippen molar-refractivity contribution < 1.29 is 8.78 Å². The second-order valence-electron chi connectivity index (χ2n) is 3.03. The third-order valence-corrected chi connectivity index (χ3v) is 2.30. The van der Waals surface area contributed by atoms with Crippen LogP contribution in [0.4, 0.5) is 8.78 Å². The van der Waals surface area contributed by atoms with E-state index in [-0.39, 0.29) is 6.54 Å². The summed E-state index contributed by atoms with van der Waals surface area (Å²) in [4.78, 5) is 0. The number of rotatable bonds is 2. The Bertz CT molecular complexity index is 532.